The Balaban J connectivity index is 2.37. The minimum absolute atomic E-state index is 0.206. The second-order valence-electron chi connectivity index (χ2n) is 4.85. The molecule has 0 aliphatic carbocycles. The lowest BCUT2D eigenvalue weighted by molar-refractivity contribution is -0.162. The van der Waals surface area contributed by atoms with Crippen molar-refractivity contribution in [2.45, 2.75) is 39.2 Å². The number of rotatable bonds is 9. The summed E-state index contributed by atoms with van der Waals surface area (Å²) in [5.74, 6) is -2.22. The van der Waals surface area contributed by atoms with Crippen LogP contribution in [0.15, 0.2) is 30.3 Å². The van der Waals surface area contributed by atoms with Crippen LogP contribution in [-0.4, -0.2) is 29.8 Å². The molecule has 0 radical (unpaired) electrons. The number of aliphatic carboxylic acids is 1. The Kier molecular flexibility index (Phi) is 7.29. The molecule has 0 amide bonds. The predicted octanol–water partition coefficient (Wildman–Crippen LogP) is 2.89. The van der Waals surface area contributed by atoms with E-state index < -0.39 is 17.9 Å². The summed E-state index contributed by atoms with van der Waals surface area (Å²) < 4.78 is 10.6. The molecule has 1 rings (SSSR count). The largest absolute Gasteiger partial charge is 0.494 e. The maximum Gasteiger partial charge on any atom is 0.320 e. The van der Waals surface area contributed by atoms with Gasteiger partial charge < -0.3 is 14.6 Å². The lowest BCUT2D eigenvalue weighted by atomic mass is 10.0. The van der Waals surface area contributed by atoms with Gasteiger partial charge in [0.15, 0.2) is 5.92 Å². The maximum atomic E-state index is 11.8. The molecule has 0 aliphatic rings. The zero-order chi connectivity index (χ0) is 15.7. The molecular formula is C16H22O5. The monoisotopic (exact) mass is 294 g/mol. The van der Waals surface area contributed by atoms with Crippen LogP contribution in [0.1, 0.15) is 33.1 Å². The summed E-state index contributed by atoms with van der Waals surface area (Å²) in [6.45, 7) is 3.99. The number of carbonyl (C=O) groups excluding carboxylic acids is 1. The van der Waals surface area contributed by atoms with E-state index in [1.54, 1.807) is 6.92 Å². The van der Waals surface area contributed by atoms with Gasteiger partial charge in [-0.3, -0.25) is 9.59 Å². The quantitative estimate of drug-likeness (QED) is 0.431. The lowest BCUT2D eigenvalue weighted by Gasteiger charge is -2.16. The van der Waals surface area contributed by atoms with Crippen molar-refractivity contribution in [3.63, 3.8) is 0 Å². The van der Waals surface area contributed by atoms with Gasteiger partial charge in [-0.25, -0.2) is 0 Å². The minimum atomic E-state index is -1.15. The van der Waals surface area contributed by atoms with Crippen LogP contribution in [0.2, 0.25) is 0 Å². The van der Waals surface area contributed by atoms with E-state index in [0.717, 1.165) is 5.75 Å². The maximum absolute atomic E-state index is 11.8. The first kappa shape index (κ1) is 17.0. The number of carbonyl (C=O) groups is 2. The van der Waals surface area contributed by atoms with Gasteiger partial charge in [0.2, 0.25) is 0 Å². The highest BCUT2D eigenvalue weighted by atomic mass is 16.5. The summed E-state index contributed by atoms with van der Waals surface area (Å²) in [6, 6.07) is 9.26. The van der Waals surface area contributed by atoms with Crippen molar-refractivity contribution in [2.75, 3.05) is 6.61 Å². The molecule has 5 nitrogen and oxygen atoms in total. The molecule has 5 heteroatoms. The summed E-state index contributed by atoms with van der Waals surface area (Å²) in [5.41, 5.74) is 0. The third-order valence-electron chi connectivity index (χ3n) is 3.12. The first-order valence-corrected chi connectivity index (χ1v) is 7.15. The molecule has 116 valence electrons. The number of benzene rings is 1. The highest BCUT2D eigenvalue weighted by Gasteiger charge is 2.28. The Morgan fingerprint density at radius 3 is 2.48 bits per heavy atom. The molecule has 0 spiro atoms. The number of hydrogen-bond acceptors (Lipinski definition) is 4. The Morgan fingerprint density at radius 2 is 1.90 bits per heavy atom. The summed E-state index contributed by atoms with van der Waals surface area (Å²) in [5, 5.41) is 9.10. The molecule has 0 saturated heterocycles. The molecule has 1 aromatic carbocycles. The molecule has 0 aromatic heterocycles. The van der Waals surface area contributed by atoms with E-state index in [-0.39, 0.29) is 12.5 Å². The average molecular weight is 294 g/mol. The lowest BCUT2D eigenvalue weighted by Crippen LogP contribution is -2.29. The Bertz CT molecular complexity index is 443. The van der Waals surface area contributed by atoms with Crippen LogP contribution in [0.4, 0.5) is 0 Å². The van der Waals surface area contributed by atoms with Crippen LogP contribution in [0.3, 0.4) is 0 Å². The Labute approximate surface area is 124 Å². The molecule has 0 bridgehead atoms. The predicted molar refractivity (Wildman–Crippen MR) is 78.1 cm³/mol. The molecule has 21 heavy (non-hydrogen) atoms. The first-order chi connectivity index (χ1) is 10.0. The second kappa shape index (κ2) is 9.00. The number of esters is 1. The van der Waals surface area contributed by atoms with Gasteiger partial charge >= 0.3 is 11.9 Å². The third-order valence-corrected chi connectivity index (χ3v) is 3.12. The Morgan fingerprint density at radius 1 is 1.24 bits per heavy atom. The third kappa shape index (κ3) is 6.29. The van der Waals surface area contributed by atoms with Crippen LogP contribution in [-0.2, 0) is 14.3 Å². The van der Waals surface area contributed by atoms with Crippen molar-refractivity contribution in [2.24, 2.45) is 5.92 Å². The van der Waals surface area contributed by atoms with Gasteiger partial charge in [0.05, 0.1) is 12.7 Å². The molecule has 1 aromatic rings. The summed E-state index contributed by atoms with van der Waals surface area (Å²) >= 11 is 0. The number of carboxylic acids is 1. The summed E-state index contributed by atoms with van der Waals surface area (Å²) in [7, 11) is 0. The molecule has 0 saturated carbocycles. The second-order valence-corrected chi connectivity index (χ2v) is 4.85. The fourth-order valence-electron chi connectivity index (χ4n) is 1.70. The van der Waals surface area contributed by atoms with Crippen LogP contribution in [0.5, 0.6) is 5.75 Å². The van der Waals surface area contributed by atoms with Gasteiger partial charge in [-0.2, -0.15) is 0 Å². The number of carboxylic acid groups (broad SMARTS) is 1. The van der Waals surface area contributed by atoms with Gasteiger partial charge in [-0.1, -0.05) is 25.1 Å². The summed E-state index contributed by atoms with van der Waals surface area (Å²) in [6.07, 6.45) is 1.08. The van der Waals surface area contributed by atoms with Crippen LogP contribution < -0.4 is 4.74 Å². The van der Waals surface area contributed by atoms with E-state index >= 15 is 0 Å². The smallest absolute Gasteiger partial charge is 0.320 e. The average Bonchev–Trinajstić information content (AvgIpc) is 2.47. The highest BCUT2D eigenvalue weighted by Crippen LogP contribution is 2.14. The Hall–Kier alpha value is -2.04. The normalized spacial score (nSPS) is 13.2. The SMILES string of the molecule is CCC(C)OC(=O)C(CCCOc1ccccc1)C(=O)O. The molecule has 1 N–H and O–H groups in total. The fraction of sp³-hybridized carbons (Fsp3) is 0.500. The van der Waals surface area contributed by atoms with Crippen molar-refractivity contribution >= 4 is 11.9 Å². The number of hydrogen-bond donors (Lipinski definition) is 1. The van der Waals surface area contributed by atoms with E-state index in [1.807, 2.05) is 37.3 Å². The highest BCUT2D eigenvalue weighted by molar-refractivity contribution is 5.93. The topological polar surface area (TPSA) is 72.8 Å². The van der Waals surface area contributed by atoms with Crippen molar-refractivity contribution in [3.05, 3.63) is 30.3 Å². The molecule has 0 heterocycles. The van der Waals surface area contributed by atoms with Gasteiger partial charge in [0.1, 0.15) is 5.75 Å². The molecule has 0 fully saturated rings. The molecule has 0 aliphatic heterocycles. The zero-order valence-corrected chi connectivity index (χ0v) is 12.5. The van der Waals surface area contributed by atoms with Gasteiger partial charge in [0.25, 0.3) is 0 Å². The van der Waals surface area contributed by atoms with E-state index in [2.05, 4.69) is 0 Å². The van der Waals surface area contributed by atoms with Crippen molar-refractivity contribution in [1.29, 1.82) is 0 Å². The van der Waals surface area contributed by atoms with Crippen molar-refractivity contribution in [3.8, 4) is 5.75 Å². The molecule has 2 unspecified atom stereocenters. The van der Waals surface area contributed by atoms with Crippen LogP contribution in [0, 0.1) is 5.92 Å². The van der Waals surface area contributed by atoms with Gasteiger partial charge in [-0.15, -0.1) is 0 Å². The standard InChI is InChI=1S/C16H22O5/c1-3-12(2)21-16(19)14(15(17)18)10-7-11-20-13-8-5-4-6-9-13/h4-6,8-9,12,14H,3,7,10-11H2,1-2H3,(H,17,18). The number of ether oxygens (including phenoxy) is 2. The van der Waals surface area contributed by atoms with E-state index in [0.29, 0.717) is 19.4 Å². The van der Waals surface area contributed by atoms with E-state index in [9.17, 15) is 9.59 Å². The molecule has 2 atom stereocenters. The van der Waals surface area contributed by atoms with Crippen molar-refractivity contribution < 1.29 is 24.2 Å². The van der Waals surface area contributed by atoms with Crippen LogP contribution >= 0.6 is 0 Å². The summed E-state index contributed by atoms with van der Waals surface area (Å²) in [4.78, 5) is 22.9. The van der Waals surface area contributed by atoms with Gasteiger partial charge in [-0.05, 0) is 38.3 Å². The van der Waals surface area contributed by atoms with Crippen LogP contribution in [0.25, 0.3) is 0 Å². The minimum Gasteiger partial charge on any atom is -0.494 e. The zero-order valence-electron chi connectivity index (χ0n) is 12.5. The number of para-hydroxylation sites is 1. The van der Waals surface area contributed by atoms with E-state index in [4.69, 9.17) is 14.6 Å². The fourth-order valence-corrected chi connectivity index (χ4v) is 1.70. The first-order valence-electron chi connectivity index (χ1n) is 7.15. The van der Waals surface area contributed by atoms with E-state index in [1.165, 1.54) is 0 Å². The van der Waals surface area contributed by atoms with Gasteiger partial charge in [0, 0.05) is 0 Å². The molecular weight excluding hydrogens is 272 g/mol. The van der Waals surface area contributed by atoms with Crippen molar-refractivity contribution in [1.82, 2.24) is 0 Å².